The van der Waals surface area contributed by atoms with Crippen molar-refractivity contribution in [1.29, 1.82) is 0 Å². The van der Waals surface area contributed by atoms with Gasteiger partial charge in [0.2, 0.25) is 41.4 Å². The molecule has 10 N–H and O–H groups in total. The van der Waals surface area contributed by atoms with E-state index in [9.17, 15) is 66.0 Å². The number of carboxylic acids is 2. The molecule has 0 saturated carbocycles. The van der Waals surface area contributed by atoms with Gasteiger partial charge in [-0.2, -0.15) is 21.0 Å². The summed E-state index contributed by atoms with van der Waals surface area (Å²) in [6.45, 7) is 4.31. The molecular formula is C38H67N7O19S3. The number of carbonyl (C=O) groups excluding carboxylic acids is 7. The van der Waals surface area contributed by atoms with Gasteiger partial charge in [-0.15, -0.1) is 0 Å². The van der Waals surface area contributed by atoms with Gasteiger partial charge in [0.25, 0.3) is 10.1 Å². The largest absolute Gasteiger partial charge is 0.480 e. The van der Waals surface area contributed by atoms with Gasteiger partial charge in [-0.1, -0.05) is 20.8 Å². The zero-order valence-electron chi connectivity index (χ0n) is 38.1. The van der Waals surface area contributed by atoms with Crippen LogP contribution in [0.4, 0.5) is 0 Å². The van der Waals surface area contributed by atoms with Crippen LogP contribution < -0.4 is 36.6 Å². The van der Waals surface area contributed by atoms with Crippen LogP contribution in [0.3, 0.4) is 0 Å². The maximum atomic E-state index is 12.4. The van der Waals surface area contributed by atoms with E-state index >= 15 is 0 Å². The second kappa shape index (κ2) is 33.9. The summed E-state index contributed by atoms with van der Waals surface area (Å²) >= 11 is 4.45. The van der Waals surface area contributed by atoms with E-state index in [4.69, 9.17) is 23.5 Å². The molecule has 0 aliphatic heterocycles. The normalized spacial score (nSPS) is 13.7. The maximum Gasteiger partial charge on any atom is 0.326 e. The van der Waals surface area contributed by atoms with Crippen LogP contribution in [0.25, 0.3) is 0 Å². The molecule has 67 heavy (non-hydrogen) atoms. The molecule has 0 aliphatic rings. The highest BCUT2D eigenvalue weighted by molar-refractivity contribution is 7.85. The molecule has 0 aromatic rings. The third kappa shape index (κ3) is 36.2. The number of amides is 7. The van der Waals surface area contributed by atoms with E-state index in [1.807, 2.05) is 0 Å². The van der Waals surface area contributed by atoms with Gasteiger partial charge >= 0.3 is 11.9 Å². The van der Waals surface area contributed by atoms with Gasteiger partial charge in [0.05, 0.1) is 51.9 Å². The molecule has 0 saturated heterocycles. The Hall–Kier alpha value is -4.52. The molecule has 4 unspecified atom stereocenters. The predicted octanol–water partition coefficient (Wildman–Crippen LogP) is -3.21. The summed E-state index contributed by atoms with van der Waals surface area (Å²) in [4.78, 5) is 107. The zero-order valence-corrected chi connectivity index (χ0v) is 40.7. The lowest BCUT2D eigenvalue weighted by Crippen LogP contribution is -2.45. The molecule has 0 aromatic carbocycles. The first-order valence-electron chi connectivity index (χ1n) is 21.0. The molecule has 386 valence electrons. The Morgan fingerprint density at radius 1 is 0.642 bits per heavy atom. The highest BCUT2D eigenvalue weighted by Crippen LogP contribution is 2.35. The molecule has 0 heterocycles. The number of ether oxygens (including phenoxy) is 4. The van der Waals surface area contributed by atoms with Crippen molar-refractivity contribution in [3.63, 3.8) is 0 Å². The highest BCUT2D eigenvalue weighted by atomic mass is 32.2. The molecule has 26 nitrogen and oxygen atoms in total. The minimum absolute atomic E-state index is 0.00652. The van der Waals surface area contributed by atoms with Crippen LogP contribution >= 0.6 is 12.6 Å². The van der Waals surface area contributed by atoms with Gasteiger partial charge in [-0.25, -0.2) is 13.8 Å². The van der Waals surface area contributed by atoms with Crippen molar-refractivity contribution in [2.75, 3.05) is 91.0 Å². The average Bonchev–Trinajstić information content (AvgIpc) is 3.19. The van der Waals surface area contributed by atoms with E-state index in [1.165, 1.54) is 7.05 Å². The Bertz CT molecular complexity index is 1770. The Labute approximate surface area is 397 Å². The van der Waals surface area contributed by atoms with Crippen molar-refractivity contribution in [3.05, 3.63) is 0 Å². The first kappa shape index (κ1) is 62.5. The number of nitrogens with one attached hydrogen (secondary N) is 7. The van der Waals surface area contributed by atoms with Crippen molar-refractivity contribution in [1.82, 2.24) is 36.6 Å². The Morgan fingerprint density at radius 2 is 1.12 bits per heavy atom. The van der Waals surface area contributed by atoms with Gasteiger partial charge in [0.15, 0.2) is 0 Å². The van der Waals surface area contributed by atoms with Crippen molar-refractivity contribution < 1.29 is 89.5 Å². The first-order chi connectivity index (χ1) is 31.2. The SMILES string of the molecule is CNC(=O)CNC(=O)COCCOCCNC(=O)CCC(NC(=O)CCC(NC(=O)COCCOCCNC(=O)CCCS(=O)NC(=O)CC(C)(S)CC(C)(C)CS(=O)(=O)O)C(=O)O)C(=O)O. The number of rotatable bonds is 39. The molecule has 0 fully saturated rings. The van der Waals surface area contributed by atoms with Crippen LogP contribution in [0.5, 0.6) is 0 Å². The van der Waals surface area contributed by atoms with Crippen LogP contribution in [0, 0.1) is 5.41 Å². The molecule has 0 bridgehead atoms. The lowest BCUT2D eigenvalue weighted by atomic mass is 9.83. The Morgan fingerprint density at radius 3 is 1.63 bits per heavy atom. The van der Waals surface area contributed by atoms with E-state index in [0.29, 0.717) is 0 Å². The Kier molecular flexibility index (Phi) is 31.6. The van der Waals surface area contributed by atoms with Gasteiger partial charge in [-0.05, 0) is 31.1 Å². The standard InChI is InChI=1S/C38H67N7O19S3/c1-37(2,25-67(58,59)60)24-38(3,65)20-31(49)45-66(57)19-5-6-28(46)40-11-13-61-16-18-64-23-34(52)44-27(36(55)56)8-10-30(48)43-26(35(53)54)7-9-29(47)41-12-14-62-15-17-63-22-33(51)42-21-32(50)39-4/h26-27,65H,5-25H2,1-4H3,(H,39,50)(H,40,46)(H,41,47)(H,42,51)(H,43,48)(H,44,52)(H,45,49)(H,53,54)(H,55,56)(H,58,59,60). The van der Waals surface area contributed by atoms with E-state index in [2.05, 4.69) is 49.3 Å². The monoisotopic (exact) mass is 1020 g/mol. The Balaban J connectivity index is 4.23. The summed E-state index contributed by atoms with van der Waals surface area (Å²) in [7, 11) is -4.59. The molecule has 0 aromatic heterocycles. The number of carbonyl (C=O) groups is 9. The molecular weight excluding hydrogens is 955 g/mol. The van der Waals surface area contributed by atoms with E-state index < -0.39 is 104 Å². The highest BCUT2D eigenvalue weighted by Gasteiger charge is 2.35. The molecule has 0 aliphatic carbocycles. The van der Waals surface area contributed by atoms with Crippen LogP contribution in [0.15, 0.2) is 0 Å². The third-order valence-corrected chi connectivity index (χ3v) is 11.2. The van der Waals surface area contributed by atoms with Crippen molar-refractivity contribution in [3.8, 4) is 0 Å². The quantitative estimate of drug-likeness (QED) is 0.0164. The van der Waals surface area contributed by atoms with E-state index in [-0.39, 0.29) is 128 Å². The predicted molar refractivity (Wildman–Crippen MR) is 241 cm³/mol. The minimum Gasteiger partial charge on any atom is -0.480 e. The molecule has 0 radical (unpaired) electrons. The lowest BCUT2D eigenvalue weighted by Gasteiger charge is -2.32. The summed E-state index contributed by atoms with van der Waals surface area (Å²) in [5.41, 5.74) is -0.882. The van der Waals surface area contributed by atoms with Crippen molar-refractivity contribution in [2.45, 2.75) is 89.0 Å². The van der Waals surface area contributed by atoms with Crippen LogP contribution in [0.2, 0.25) is 0 Å². The van der Waals surface area contributed by atoms with E-state index in [0.717, 1.165) is 0 Å². The molecule has 4 atom stereocenters. The number of carboxylic acid groups (broad SMARTS) is 2. The zero-order chi connectivity index (χ0) is 51.1. The fraction of sp³-hybridized carbons (Fsp3) is 0.763. The van der Waals surface area contributed by atoms with Gasteiger partial charge in [0.1, 0.15) is 36.3 Å². The molecule has 0 rings (SSSR count). The smallest absolute Gasteiger partial charge is 0.326 e. The number of likely N-dealkylation sites (N-methyl/N-ethyl adjacent to an activating group) is 1. The summed E-state index contributed by atoms with van der Waals surface area (Å²) in [5.74, 6) is -7.36. The summed E-state index contributed by atoms with van der Waals surface area (Å²) in [6.07, 6.45) is -1.23. The second-order valence-electron chi connectivity index (χ2n) is 15.9. The fourth-order valence-corrected chi connectivity index (χ4v) is 8.42. The van der Waals surface area contributed by atoms with Crippen LogP contribution in [-0.4, -0.2) is 189 Å². The maximum absolute atomic E-state index is 12.4. The van der Waals surface area contributed by atoms with Crippen LogP contribution in [0.1, 0.15) is 72.1 Å². The summed E-state index contributed by atoms with van der Waals surface area (Å²) < 4.78 is 66.2. The number of hydrogen-bond acceptors (Lipinski definition) is 17. The fourth-order valence-electron chi connectivity index (χ4n) is 5.92. The van der Waals surface area contributed by atoms with Crippen molar-refractivity contribution >= 4 is 87.0 Å². The summed E-state index contributed by atoms with van der Waals surface area (Å²) in [6, 6.07) is -2.97. The third-order valence-electron chi connectivity index (χ3n) is 8.59. The first-order valence-corrected chi connectivity index (χ1v) is 24.3. The lowest BCUT2D eigenvalue weighted by molar-refractivity contribution is -0.144. The van der Waals surface area contributed by atoms with Gasteiger partial charge in [0, 0.05) is 56.3 Å². The molecule has 7 amide bonds. The number of thiol groups is 1. The second-order valence-corrected chi connectivity index (χ2v) is 19.7. The van der Waals surface area contributed by atoms with Gasteiger partial charge < -0.3 is 61.1 Å². The minimum atomic E-state index is -4.24. The number of hydrogen-bond donors (Lipinski definition) is 11. The van der Waals surface area contributed by atoms with Crippen molar-refractivity contribution in [2.24, 2.45) is 5.41 Å². The van der Waals surface area contributed by atoms with Gasteiger partial charge in [-0.3, -0.25) is 42.8 Å². The molecule has 29 heteroatoms. The van der Waals surface area contributed by atoms with Crippen LogP contribution in [-0.2, 0) is 83.2 Å². The summed E-state index contributed by atoms with van der Waals surface area (Å²) in [5, 5.41) is 33.3. The number of aliphatic carboxylic acids is 2. The average molecular weight is 1020 g/mol. The molecule has 0 spiro atoms. The topological polar surface area (TPSA) is 387 Å². The van der Waals surface area contributed by atoms with E-state index in [1.54, 1.807) is 20.8 Å².